The van der Waals surface area contributed by atoms with E-state index in [9.17, 15) is 9.18 Å². The predicted molar refractivity (Wildman–Crippen MR) is 95.8 cm³/mol. The molecule has 0 aliphatic carbocycles. The number of nitrogens with zero attached hydrogens (tertiary/aromatic N) is 2. The monoisotopic (exact) mass is 353 g/mol. The maximum absolute atomic E-state index is 13.0. The molecule has 2 aromatic rings. The molecule has 2 aliphatic heterocycles. The molecular formula is C20H20FN3O2. The van der Waals surface area contributed by atoms with Gasteiger partial charge in [0.2, 0.25) is 5.91 Å². The summed E-state index contributed by atoms with van der Waals surface area (Å²) in [5, 5.41) is 0. The zero-order chi connectivity index (χ0) is 18.0. The highest BCUT2D eigenvalue weighted by Gasteiger charge is 2.41. The van der Waals surface area contributed by atoms with Gasteiger partial charge >= 0.3 is 0 Å². The number of benzene rings is 2. The summed E-state index contributed by atoms with van der Waals surface area (Å²) in [5.41, 5.74) is 4.14. The first-order valence-electron chi connectivity index (χ1n) is 8.75. The lowest BCUT2D eigenvalue weighted by Gasteiger charge is -2.35. The molecule has 2 heterocycles. The first-order valence-corrected chi connectivity index (χ1v) is 8.75. The minimum atomic E-state index is -0.599. The van der Waals surface area contributed by atoms with Crippen molar-refractivity contribution in [2.24, 2.45) is 4.99 Å². The Bertz CT molecular complexity index is 813. The number of likely N-dealkylation sites (tertiary alicyclic amines) is 1. The summed E-state index contributed by atoms with van der Waals surface area (Å²) < 4.78 is 13.0. The Morgan fingerprint density at radius 1 is 1.12 bits per heavy atom. The van der Waals surface area contributed by atoms with Gasteiger partial charge in [-0.15, -0.1) is 0 Å². The average Bonchev–Trinajstić information content (AvgIpc) is 3.08. The van der Waals surface area contributed by atoms with Crippen molar-refractivity contribution < 1.29 is 14.0 Å². The van der Waals surface area contributed by atoms with Gasteiger partial charge < -0.3 is 4.90 Å². The third-order valence-electron chi connectivity index (χ3n) is 4.87. The molecule has 1 spiro atoms. The lowest BCUT2D eigenvalue weighted by Crippen LogP contribution is -2.47. The number of carbonyl (C=O) groups excluding carboxylic acids is 1. The van der Waals surface area contributed by atoms with Crippen molar-refractivity contribution in [3.63, 3.8) is 0 Å². The van der Waals surface area contributed by atoms with Gasteiger partial charge in [0.15, 0.2) is 11.6 Å². The fourth-order valence-corrected chi connectivity index (χ4v) is 3.32. The second kappa shape index (κ2) is 6.88. The van der Waals surface area contributed by atoms with Gasteiger partial charge in [0.1, 0.15) is 5.82 Å². The van der Waals surface area contributed by atoms with Crippen LogP contribution in [0.5, 0.6) is 0 Å². The third kappa shape index (κ3) is 3.46. The number of amides is 1. The molecule has 0 unspecified atom stereocenters. The number of hydrogen-bond acceptors (Lipinski definition) is 4. The molecule has 26 heavy (non-hydrogen) atoms. The van der Waals surface area contributed by atoms with E-state index in [1.54, 1.807) is 12.1 Å². The summed E-state index contributed by atoms with van der Waals surface area (Å²) in [5.74, 6) is 0.487. The topological polar surface area (TPSA) is 53.9 Å². The molecule has 5 nitrogen and oxygen atoms in total. The zero-order valence-corrected chi connectivity index (χ0v) is 14.3. The average molecular weight is 353 g/mol. The van der Waals surface area contributed by atoms with E-state index in [0.717, 1.165) is 17.0 Å². The summed E-state index contributed by atoms with van der Waals surface area (Å²) in [4.78, 5) is 24.8. The highest BCUT2D eigenvalue weighted by Crippen LogP contribution is 2.31. The number of piperidine rings is 1. The van der Waals surface area contributed by atoms with Gasteiger partial charge in [-0.1, -0.05) is 42.5 Å². The first kappa shape index (κ1) is 16.7. The van der Waals surface area contributed by atoms with Gasteiger partial charge in [-0.05, 0) is 17.7 Å². The predicted octanol–water partition coefficient (Wildman–Crippen LogP) is 2.67. The summed E-state index contributed by atoms with van der Waals surface area (Å²) >= 11 is 0. The van der Waals surface area contributed by atoms with Crippen molar-refractivity contribution in [3.8, 4) is 0 Å². The minimum Gasteiger partial charge on any atom is -0.342 e. The van der Waals surface area contributed by atoms with Crippen molar-refractivity contribution in [1.29, 1.82) is 0 Å². The number of hydroxylamine groups is 1. The van der Waals surface area contributed by atoms with Crippen LogP contribution in [-0.2, 0) is 16.1 Å². The van der Waals surface area contributed by atoms with Gasteiger partial charge in [-0.25, -0.2) is 19.7 Å². The molecule has 1 N–H and O–H groups in total. The van der Waals surface area contributed by atoms with Crippen LogP contribution in [0.3, 0.4) is 0 Å². The van der Waals surface area contributed by atoms with E-state index in [0.29, 0.717) is 25.9 Å². The molecule has 1 amide bonds. The Morgan fingerprint density at radius 2 is 1.81 bits per heavy atom. The van der Waals surface area contributed by atoms with Crippen molar-refractivity contribution in [3.05, 3.63) is 71.5 Å². The molecule has 0 radical (unpaired) electrons. The number of halogens is 1. The number of carbonyl (C=O) groups is 1. The zero-order valence-electron chi connectivity index (χ0n) is 14.3. The van der Waals surface area contributed by atoms with Crippen LogP contribution in [0.25, 0.3) is 0 Å². The molecular weight excluding hydrogens is 333 g/mol. The van der Waals surface area contributed by atoms with Crippen molar-refractivity contribution >= 4 is 11.7 Å². The van der Waals surface area contributed by atoms with Gasteiger partial charge in [-0.2, -0.15) is 0 Å². The van der Waals surface area contributed by atoms with E-state index in [4.69, 9.17) is 9.83 Å². The molecule has 4 rings (SSSR count). The van der Waals surface area contributed by atoms with Crippen molar-refractivity contribution in [2.75, 3.05) is 13.1 Å². The Kier molecular flexibility index (Phi) is 4.42. The quantitative estimate of drug-likeness (QED) is 0.923. The van der Waals surface area contributed by atoms with Crippen molar-refractivity contribution in [2.45, 2.75) is 25.0 Å². The number of nitrogens with one attached hydrogen (secondary N) is 1. The molecule has 6 heteroatoms. The van der Waals surface area contributed by atoms with E-state index in [1.165, 1.54) is 12.1 Å². The van der Waals surface area contributed by atoms with E-state index in [1.807, 2.05) is 35.2 Å². The highest BCUT2D eigenvalue weighted by atomic mass is 19.1. The molecule has 0 saturated carbocycles. The van der Waals surface area contributed by atoms with E-state index in [-0.39, 0.29) is 18.1 Å². The normalized spacial score (nSPS) is 18.5. The van der Waals surface area contributed by atoms with Crippen LogP contribution in [-0.4, -0.2) is 35.5 Å². The first-order chi connectivity index (χ1) is 12.6. The molecule has 2 aliphatic rings. The fraction of sp³-hybridized carbons (Fsp3) is 0.300. The van der Waals surface area contributed by atoms with Crippen LogP contribution in [0.1, 0.15) is 24.0 Å². The summed E-state index contributed by atoms with van der Waals surface area (Å²) in [6.45, 7) is 1.18. The SMILES string of the molecule is O=C(Cc1ccc(F)cc1)N1CCC2(CC1)N=C(c1ccccc1)NO2. The largest absolute Gasteiger partial charge is 0.342 e. The Morgan fingerprint density at radius 3 is 2.50 bits per heavy atom. The summed E-state index contributed by atoms with van der Waals surface area (Å²) in [6.07, 6.45) is 1.57. The van der Waals surface area contributed by atoms with Gasteiger partial charge in [-0.3, -0.25) is 4.79 Å². The lowest BCUT2D eigenvalue weighted by atomic mass is 10.00. The molecule has 2 aromatic carbocycles. The number of aliphatic imine (C=N–C) groups is 1. The number of hydrogen-bond donors (Lipinski definition) is 1. The molecule has 0 atom stereocenters. The van der Waals surface area contributed by atoms with Crippen LogP contribution in [0.2, 0.25) is 0 Å². The molecule has 1 saturated heterocycles. The highest BCUT2D eigenvalue weighted by molar-refractivity contribution is 5.99. The Balaban J connectivity index is 1.37. The van der Waals surface area contributed by atoms with E-state index in [2.05, 4.69) is 5.48 Å². The second-order valence-electron chi connectivity index (χ2n) is 6.66. The number of amidine groups is 1. The maximum atomic E-state index is 13.0. The van der Waals surface area contributed by atoms with Crippen LogP contribution in [0.15, 0.2) is 59.6 Å². The van der Waals surface area contributed by atoms with E-state index < -0.39 is 5.72 Å². The van der Waals surface area contributed by atoms with Gasteiger partial charge in [0.25, 0.3) is 0 Å². The fourth-order valence-electron chi connectivity index (χ4n) is 3.32. The minimum absolute atomic E-state index is 0.0460. The van der Waals surface area contributed by atoms with Crippen LogP contribution >= 0.6 is 0 Å². The van der Waals surface area contributed by atoms with Gasteiger partial charge in [0, 0.05) is 31.5 Å². The van der Waals surface area contributed by atoms with E-state index >= 15 is 0 Å². The molecule has 1 fully saturated rings. The maximum Gasteiger partial charge on any atom is 0.226 e. The van der Waals surface area contributed by atoms with Crippen LogP contribution in [0, 0.1) is 5.82 Å². The van der Waals surface area contributed by atoms with Crippen LogP contribution < -0.4 is 5.48 Å². The molecule has 0 aromatic heterocycles. The standard InChI is InChI=1S/C20H20FN3O2/c21-17-8-6-15(7-9-17)14-18(25)24-12-10-20(11-13-24)22-19(23-26-20)16-4-2-1-3-5-16/h1-9H,10-14H2,(H,22,23). The molecule has 0 bridgehead atoms. The Labute approximate surface area is 151 Å². The summed E-state index contributed by atoms with van der Waals surface area (Å²) in [7, 11) is 0. The smallest absolute Gasteiger partial charge is 0.226 e. The number of rotatable bonds is 3. The lowest BCUT2D eigenvalue weighted by molar-refractivity contribution is -0.138. The molecule has 134 valence electrons. The van der Waals surface area contributed by atoms with Crippen molar-refractivity contribution in [1.82, 2.24) is 10.4 Å². The second-order valence-corrected chi connectivity index (χ2v) is 6.66. The van der Waals surface area contributed by atoms with Crippen LogP contribution in [0.4, 0.5) is 4.39 Å². The Hall–Kier alpha value is -2.73. The summed E-state index contributed by atoms with van der Waals surface area (Å²) in [6, 6.07) is 15.9. The third-order valence-corrected chi connectivity index (χ3v) is 4.87. The van der Waals surface area contributed by atoms with Gasteiger partial charge in [0.05, 0.1) is 6.42 Å².